The lowest BCUT2D eigenvalue weighted by Crippen LogP contribution is -2.30. The third kappa shape index (κ3) is 1.61. The Morgan fingerprint density at radius 1 is 1.42 bits per heavy atom. The number of rotatable bonds is 2. The summed E-state index contributed by atoms with van der Waals surface area (Å²) in [5.41, 5.74) is 0. The topological polar surface area (TPSA) is 32.3 Å². The second-order valence-corrected chi connectivity index (χ2v) is 3.85. The molecule has 3 nitrogen and oxygen atoms in total. The van der Waals surface area contributed by atoms with Crippen LogP contribution in [-0.4, -0.2) is 30.6 Å². The van der Waals surface area contributed by atoms with Crippen molar-refractivity contribution in [1.29, 1.82) is 0 Å². The van der Waals surface area contributed by atoms with Gasteiger partial charge in [0.25, 0.3) is 0 Å². The first kappa shape index (κ1) is 8.05. The summed E-state index contributed by atoms with van der Waals surface area (Å²) in [4.78, 5) is 13.2. The standard InChI is InChI=1S/C9H16N2O/c12-9-5-10-7-11(9)6-8-3-1-2-4-8/h8,10H,1-7H2. The Kier molecular flexibility index (Phi) is 2.30. The molecule has 0 spiro atoms. The molecule has 1 amide bonds. The Morgan fingerprint density at radius 2 is 2.17 bits per heavy atom. The zero-order valence-corrected chi connectivity index (χ0v) is 7.38. The highest BCUT2D eigenvalue weighted by Gasteiger charge is 2.24. The molecular formula is C9H16N2O. The fourth-order valence-electron chi connectivity index (χ4n) is 2.17. The first-order valence-corrected chi connectivity index (χ1v) is 4.85. The number of nitrogens with zero attached hydrogens (tertiary/aromatic N) is 1. The van der Waals surface area contributed by atoms with Crippen molar-refractivity contribution in [3.63, 3.8) is 0 Å². The van der Waals surface area contributed by atoms with Gasteiger partial charge in [0.05, 0.1) is 13.2 Å². The average Bonchev–Trinajstić information content (AvgIpc) is 2.65. The van der Waals surface area contributed by atoms with Crippen LogP contribution in [0.25, 0.3) is 0 Å². The van der Waals surface area contributed by atoms with E-state index in [-0.39, 0.29) is 5.91 Å². The Hall–Kier alpha value is -0.570. The van der Waals surface area contributed by atoms with Gasteiger partial charge in [0.1, 0.15) is 0 Å². The van der Waals surface area contributed by atoms with Crippen LogP contribution in [0.15, 0.2) is 0 Å². The summed E-state index contributed by atoms with van der Waals surface area (Å²) in [5.74, 6) is 1.07. The van der Waals surface area contributed by atoms with E-state index in [1.54, 1.807) is 0 Å². The molecule has 0 aromatic rings. The van der Waals surface area contributed by atoms with Crippen LogP contribution in [0.5, 0.6) is 0 Å². The fourth-order valence-corrected chi connectivity index (χ4v) is 2.17. The molecule has 2 rings (SSSR count). The third-order valence-electron chi connectivity index (χ3n) is 2.88. The van der Waals surface area contributed by atoms with Crippen LogP contribution >= 0.6 is 0 Å². The normalized spacial score (nSPS) is 25.7. The maximum Gasteiger partial charge on any atom is 0.237 e. The van der Waals surface area contributed by atoms with E-state index >= 15 is 0 Å². The highest BCUT2D eigenvalue weighted by atomic mass is 16.2. The maximum absolute atomic E-state index is 11.2. The third-order valence-corrected chi connectivity index (χ3v) is 2.88. The van der Waals surface area contributed by atoms with Gasteiger partial charge in [-0.1, -0.05) is 12.8 Å². The molecule has 1 N–H and O–H groups in total. The van der Waals surface area contributed by atoms with Crippen molar-refractivity contribution in [2.45, 2.75) is 25.7 Å². The van der Waals surface area contributed by atoms with E-state index in [9.17, 15) is 4.79 Å². The molecule has 3 heteroatoms. The van der Waals surface area contributed by atoms with Crippen molar-refractivity contribution in [3.05, 3.63) is 0 Å². The summed E-state index contributed by atoms with van der Waals surface area (Å²) < 4.78 is 0. The van der Waals surface area contributed by atoms with E-state index < -0.39 is 0 Å². The maximum atomic E-state index is 11.2. The molecule has 0 bridgehead atoms. The number of amides is 1. The smallest absolute Gasteiger partial charge is 0.237 e. The van der Waals surface area contributed by atoms with E-state index in [1.807, 2.05) is 4.90 Å². The number of nitrogens with one attached hydrogen (secondary N) is 1. The van der Waals surface area contributed by atoms with E-state index in [2.05, 4.69) is 5.32 Å². The first-order valence-electron chi connectivity index (χ1n) is 4.85. The van der Waals surface area contributed by atoms with Crippen molar-refractivity contribution in [2.75, 3.05) is 19.8 Å². The monoisotopic (exact) mass is 168 g/mol. The lowest BCUT2D eigenvalue weighted by Gasteiger charge is -2.18. The molecule has 0 unspecified atom stereocenters. The van der Waals surface area contributed by atoms with Gasteiger partial charge >= 0.3 is 0 Å². The molecule has 1 saturated heterocycles. The van der Waals surface area contributed by atoms with Crippen LogP contribution < -0.4 is 5.32 Å². The van der Waals surface area contributed by atoms with Gasteiger partial charge in [-0.15, -0.1) is 0 Å². The molecule has 1 saturated carbocycles. The van der Waals surface area contributed by atoms with E-state index in [1.165, 1.54) is 25.7 Å². The Balaban J connectivity index is 1.81. The fraction of sp³-hybridized carbons (Fsp3) is 0.889. The molecule has 0 aromatic carbocycles. The van der Waals surface area contributed by atoms with Crippen LogP contribution in [0.3, 0.4) is 0 Å². The number of hydrogen-bond donors (Lipinski definition) is 1. The highest BCUT2D eigenvalue weighted by molar-refractivity contribution is 5.79. The zero-order chi connectivity index (χ0) is 8.39. The molecule has 0 aromatic heterocycles. The molecule has 68 valence electrons. The molecular weight excluding hydrogens is 152 g/mol. The lowest BCUT2D eigenvalue weighted by molar-refractivity contribution is -0.127. The van der Waals surface area contributed by atoms with Gasteiger partial charge < -0.3 is 4.90 Å². The zero-order valence-electron chi connectivity index (χ0n) is 7.38. The Labute approximate surface area is 73.1 Å². The quantitative estimate of drug-likeness (QED) is 0.653. The predicted octanol–water partition coefficient (Wildman–Crippen LogP) is 0.566. The van der Waals surface area contributed by atoms with E-state index in [0.717, 1.165) is 19.1 Å². The van der Waals surface area contributed by atoms with Crippen molar-refractivity contribution in [3.8, 4) is 0 Å². The number of carbonyl (C=O) groups excluding carboxylic acids is 1. The summed E-state index contributed by atoms with van der Waals surface area (Å²) in [7, 11) is 0. The predicted molar refractivity (Wildman–Crippen MR) is 46.5 cm³/mol. The molecule has 1 heterocycles. The molecule has 0 atom stereocenters. The molecule has 1 aliphatic heterocycles. The summed E-state index contributed by atoms with van der Waals surface area (Å²) in [6.07, 6.45) is 5.37. The minimum atomic E-state index is 0.280. The Morgan fingerprint density at radius 3 is 2.75 bits per heavy atom. The van der Waals surface area contributed by atoms with Crippen LogP contribution in [0.2, 0.25) is 0 Å². The van der Waals surface area contributed by atoms with Gasteiger partial charge in [0.2, 0.25) is 5.91 Å². The van der Waals surface area contributed by atoms with Crippen molar-refractivity contribution in [2.24, 2.45) is 5.92 Å². The van der Waals surface area contributed by atoms with Crippen molar-refractivity contribution < 1.29 is 4.79 Å². The lowest BCUT2D eigenvalue weighted by atomic mass is 10.1. The first-order chi connectivity index (χ1) is 5.86. The molecule has 12 heavy (non-hydrogen) atoms. The summed E-state index contributed by atoms with van der Waals surface area (Å²) in [6.45, 7) is 2.31. The van der Waals surface area contributed by atoms with E-state index in [4.69, 9.17) is 0 Å². The molecule has 1 aliphatic carbocycles. The second-order valence-electron chi connectivity index (χ2n) is 3.85. The Bertz CT molecular complexity index is 175. The van der Waals surface area contributed by atoms with Crippen LogP contribution in [0.4, 0.5) is 0 Å². The van der Waals surface area contributed by atoms with Crippen LogP contribution in [-0.2, 0) is 4.79 Å². The number of hydrogen-bond acceptors (Lipinski definition) is 2. The van der Waals surface area contributed by atoms with Crippen LogP contribution in [0, 0.1) is 5.92 Å². The average molecular weight is 168 g/mol. The molecule has 2 fully saturated rings. The summed E-state index contributed by atoms with van der Waals surface area (Å²) in [5, 5.41) is 3.07. The molecule has 0 radical (unpaired) electrons. The van der Waals surface area contributed by atoms with Gasteiger partial charge in [-0.25, -0.2) is 0 Å². The minimum absolute atomic E-state index is 0.280. The van der Waals surface area contributed by atoms with Crippen molar-refractivity contribution >= 4 is 5.91 Å². The van der Waals surface area contributed by atoms with Gasteiger partial charge in [0, 0.05) is 6.54 Å². The van der Waals surface area contributed by atoms with Crippen molar-refractivity contribution in [1.82, 2.24) is 10.2 Å². The molecule has 2 aliphatic rings. The minimum Gasteiger partial charge on any atom is -0.329 e. The number of carbonyl (C=O) groups is 1. The van der Waals surface area contributed by atoms with Gasteiger partial charge in [0.15, 0.2) is 0 Å². The second kappa shape index (κ2) is 3.44. The van der Waals surface area contributed by atoms with Gasteiger partial charge in [-0.05, 0) is 18.8 Å². The van der Waals surface area contributed by atoms with Crippen LogP contribution in [0.1, 0.15) is 25.7 Å². The van der Waals surface area contributed by atoms with E-state index in [0.29, 0.717) is 6.54 Å². The largest absolute Gasteiger partial charge is 0.329 e. The van der Waals surface area contributed by atoms with Gasteiger partial charge in [-0.3, -0.25) is 10.1 Å². The highest BCUT2D eigenvalue weighted by Crippen LogP contribution is 2.25. The van der Waals surface area contributed by atoms with Gasteiger partial charge in [-0.2, -0.15) is 0 Å². The SMILES string of the molecule is O=C1CNCN1CC1CCCC1. The summed E-state index contributed by atoms with van der Waals surface area (Å²) in [6, 6.07) is 0. The summed E-state index contributed by atoms with van der Waals surface area (Å²) >= 11 is 0.